The van der Waals surface area contributed by atoms with Crippen molar-refractivity contribution in [3.63, 3.8) is 0 Å². The lowest BCUT2D eigenvalue weighted by Gasteiger charge is -2.26. The summed E-state index contributed by atoms with van der Waals surface area (Å²) in [7, 11) is 5.77. The zero-order valence-electron chi connectivity index (χ0n) is 12.2. The van der Waals surface area contributed by atoms with Gasteiger partial charge in [0.15, 0.2) is 5.78 Å². The van der Waals surface area contributed by atoms with Crippen molar-refractivity contribution in [2.75, 3.05) is 54.0 Å². The van der Waals surface area contributed by atoms with E-state index in [1.807, 2.05) is 34.9 Å². The molecule has 0 aliphatic rings. The average molecular weight is 244 g/mol. The van der Waals surface area contributed by atoms with Crippen LogP contribution in [0.4, 0.5) is 0 Å². The Hall–Kier alpha value is -0.450. The van der Waals surface area contributed by atoms with Crippen LogP contribution in [-0.2, 0) is 9.53 Å². The first-order valence-corrected chi connectivity index (χ1v) is 6.16. The molecule has 0 aliphatic heterocycles. The van der Waals surface area contributed by atoms with Gasteiger partial charge in [-0.25, -0.2) is 0 Å². The third kappa shape index (κ3) is 8.30. The fourth-order valence-corrected chi connectivity index (χ4v) is 1.27. The van der Waals surface area contributed by atoms with Gasteiger partial charge < -0.3 is 9.64 Å². The van der Waals surface area contributed by atoms with E-state index in [4.69, 9.17) is 4.74 Å². The summed E-state index contributed by atoms with van der Waals surface area (Å²) < 4.78 is 5.08. The van der Waals surface area contributed by atoms with Gasteiger partial charge in [-0.1, -0.05) is 20.8 Å². The maximum atomic E-state index is 12.0. The Morgan fingerprint density at radius 3 is 2.12 bits per heavy atom. The van der Waals surface area contributed by atoms with Gasteiger partial charge in [-0.2, -0.15) is 0 Å². The summed E-state index contributed by atoms with van der Waals surface area (Å²) in [6.45, 7) is 9.76. The third-order valence-corrected chi connectivity index (χ3v) is 2.68. The molecule has 0 aromatic carbocycles. The quantitative estimate of drug-likeness (QED) is 0.640. The van der Waals surface area contributed by atoms with Gasteiger partial charge in [0.2, 0.25) is 0 Å². The lowest BCUT2D eigenvalue weighted by atomic mass is 9.90. The zero-order chi connectivity index (χ0) is 13.5. The predicted octanol–water partition coefficient (Wildman–Crippen LogP) is 1.11. The monoisotopic (exact) mass is 244 g/mol. The highest BCUT2D eigenvalue weighted by atomic mass is 16.5. The van der Waals surface area contributed by atoms with Crippen LogP contribution in [0.2, 0.25) is 0 Å². The Bertz CT molecular complexity index is 222. The first kappa shape index (κ1) is 16.6. The highest BCUT2D eigenvalue weighted by Gasteiger charge is 2.23. The number of likely N-dealkylation sites (N-methyl/N-ethyl adjacent to an activating group) is 1. The molecule has 0 N–H and O–H groups in total. The molecule has 0 saturated heterocycles. The van der Waals surface area contributed by atoms with Crippen molar-refractivity contribution in [1.29, 1.82) is 0 Å². The van der Waals surface area contributed by atoms with E-state index in [0.29, 0.717) is 13.2 Å². The molecule has 4 nitrogen and oxygen atoms in total. The molecule has 0 bridgehead atoms. The second kappa shape index (κ2) is 7.80. The van der Waals surface area contributed by atoms with Crippen LogP contribution in [0.5, 0.6) is 0 Å². The summed E-state index contributed by atoms with van der Waals surface area (Å²) in [5.74, 6) is 0.285. The zero-order valence-corrected chi connectivity index (χ0v) is 12.2. The van der Waals surface area contributed by atoms with E-state index >= 15 is 0 Å². The van der Waals surface area contributed by atoms with Crippen molar-refractivity contribution in [2.45, 2.75) is 20.8 Å². The van der Waals surface area contributed by atoms with Gasteiger partial charge in [0.05, 0.1) is 13.2 Å². The summed E-state index contributed by atoms with van der Waals surface area (Å²) in [6.07, 6.45) is 0. The van der Waals surface area contributed by atoms with Gasteiger partial charge in [0, 0.05) is 32.2 Å². The summed E-state index contributed by atoms with van der Waals surface area (Å²) in [5.41, 5.74) is -0.260. The molecule has 0 rings (SSSR count). The van der Waals surface area contributed by atoms with Crippen molar-refractivity contribution >= 4 is 5.78 Å². The van der Waals surface area contributed by atoms with Crippen LogP contribution in [0.15, 0.2) is 0 Å². The highest BCUT2D eigenvalue weighted by Crippen LogP contribution is 2.15. The first-order valence-electron chi connectivity index (χ1n) is 6.16. The molecule has 0 atom stereocenters. The van der Waals surface area contributed by atoms with Gasteiger partial charge in [-0.05, 0) is 14.1 Å². The molecule has 0 fully saturated rings. The molecule has 17 heavy (non-hydrogen) atoms. The molecule has 0 spiro atoms. The Morgan fingerprint density at radius 2 is 1.71 bits per heavy atom. The number of methoxy groups -OCH3 is 1. The Balaban J connectivity index is 4.22. The largest absolute Gasteiger partial charge is 0.383 e. The molecule has 0 aromatic heterocycles. The number of carbonyl (C=O) groups is 1. The molecule has 0 unspecified atom stereocenters. The minimum Gasteiger partial charge on any atom is -0.383 e. The number of Topliss-reactive ketones (excluding diaryl/α,β-unsaturated/α-hetero) is 1. The molecule has 102 valence electrons. The molecule has 4 heteroatoms. The fraction of sp³-hybridized carbons (Fsp3) is 0.923. The number of hydrogen-bond acceptors (Lipinski definition) is 4. The van der Waals surface area contributed by atoms with Gasteiger partial charge in [0.1, 0.15) is 0 Å². The van der Waals surface area contributed by atoms with Crippen molar-refractivity contribution in [1.82, 2.24) is 9.80 Å². The fourth-order valence-electron chi connectivity index (χ4n) is 1.27. The van der Waals surface area contributed by atoms with Crippen LogP contribution in [0.3, 0.4) is 0 Å². The van der Waals surface area contributed by atoms with Gasteiger partial charge in [-0.3, -0.25) is 9.69 Å². The SMILES string of the molecule is COCCN(CCN(C)C)CC(=O)C(C)(C)C. The minimum atomic E-state index is -0.260. The van der Waals surface area contributed by atoms with E-state index in [0.717, 1.165) is 19.6 Å². The van der Waals surface area contributed by atoms with Crippen molar-refractivity contribution < 1.29 is 9.53 Å². The van der Waals surface area contributed by atoms with Gasteiger partial charge in [0.25, 0.3) is 0 Å². The standard InChI is InChI=1S/C13H28N2O2/c1-13(2,3)12(16)11-15(9-10-17-6)8-7-14(4)5/h7-11H2,1-6H3. The number of ether oxygens (including phenoxy) is 1. The topological polar surface area (TPSA) is 32.8 Å². The molecule has 0 heterocycles. The predicted molar refractivity (Wildman–Crippen MR) is 71.3 cm³/mol. The smallest absolute Gasteiger partial charge is 0.152 e. The number of nitrogens with zero attached hydrogens (tertiary/aromatic N) is 2. The molecular formula is C13H28N2O2. The van der Waals surface area contributed by atoms with Crippen LogP contribution in [0.25, 0.3) is 0 Å². The first-order chi connectivity index (χ1) is 7.77. The lowest BCUT2D eigenvalue weighted by molar-refractivity contribution is -0.127. The maximum Gasteiger partial charge on any atom is 0.152 e. The number of ketones is 1. The van der Waals surface area contributed by atoms with E-state index in [1.54, 1.807) is 7.11 Å². The van der Waals surface area contributed by atoms with E-state index in [9.17, 15) is 4.79 Å². The van der Waals surface area contributed by atoms with Crippen LogP contribution in [0, 0.1) is 5.41 Å². The van der Waals surface area contributed by atoms with Crippen LogP contribution >= 0.6 is 0 Å². The number of rotatable bonds is 8. The van der Waals surface area contributed by atoms with Crippen molar-refractivity contribution in [3.05, 3.63) is 0 Å². The van der Waals surface area contributed by atoms with Crippen LogP contribution in [-0.4, -0.2) is 69.6 Å². The third-order valence-electron chi connectivity index (χ3n) is 2.68. The average Bonchev–Trinajstić information content (AvgIpc) is 2.20. The van der Waals surface area contributed by atoms with Crippen LogP contribution < -0.4 is 0 Å². The van der Waals surface area contributed by atoms with E-state index in [-0.39, 0.29) is 11.2 Å². The Morgan fingerprint density at radius 1 is 1.12 bits per heavy atom. The van der Waals surface area contributed by atoms with Crippen molar-refractivity contribution in [3.8, 4) is 0 Å². The van der Waals surface area contributed by atoms with E-state index < -0.39 is 0 Å². The summed E-state index contributed by atoms with van der Waals surface area (Å²) in [5, 5.41) is 0. The minimum absolute atomic E-state index is 0.260. The summed E-state index contributed by atoms with van der Waals surface area (Å²) in [4.78, 5) is 16.3. The number of carbonyl (C=O) groups excluding carboxylic acids is 1. The highest BCUT2D eigenvalue weighted by molar-refractivity contribution is 5.85. The summed E-state index contributed by atoms with van der Waals surface area (Å²) in [6, 6.07) is 0. The van der Waals surface area contributed by atoms with E-state index in [2.05, 4.69) is 9.80 Å². The second-order valence-corrected chi connectivity index (χ2v) is 5.75. The molecule has 0 radical (unpaired) electrons. The normalized spacial score (nSPS) is 12.5. The molecule has 0 aromatic rings. The lowest BCUT2D eigenvalue weighted by Crippen LogP contribution is -2.40. The maximum absolute atomic E-state index is 12.0. The summed E-state index contributed by atoms with van der Waals surface area (Å²) >= 11 is 0. The molecule has 0 aliphatic carbocycles. The Labute approximate surface area is 106 Å². The molecule has 0 saturated carbocycles. The second-order valence-electron chi connectivity index (χ2n) is 5.75. The number of hydrogen-bond donors (Lipinski definition) is 0. The molecule has 0 amide bonds. The van der Waals surface area contributed by atoms with Gasteiger partial charge in [-0.15, -0.1) is 0 Å². The van der Waals surface area contributed by atoms with Gasteiger partial charge >= 0.3 is 0 Å². The van der Waals surface area contributed by atoms with Crippen LogP contribution in [0.1, 0.15) is 20.8 Å². The molecular weight excluding hydrogens is 216 g/mol. The Kier molecular flexibility index (Phi) is 7.59. The van der Waals surface area contributed by atoms with Crippen molar-refractivity contribution in [2.24, 2.45) is 5.41 Å². The van der Waals surface area contributed by atoms with E-state index in [1.165, 1.54) is 0 Å².